The topological polar surface area (TPSA) is 41.1 Å². The number of benzene rings is 1. The van der Waals surface area contributed by atoms with Gasteiger partial charge < -0.3 is 10.6 Å². The molecule has 0 radical (unpaired) electrons. The quantitative estimate of drug-likeness (QED) is 0.803. The summed E-state index contributed by atoms with van der Waals surface area (Å²) in [6, 6.07) is 6.48. The van der Waals surface area contributed by atoms with Crippen molar-refractivity contribution in [3.8, 4) is 0 Å². The third kappa shape index (κ3) is 3.82. The van der Waals surface area contributed by atoms with Crippen LogP contribution in [0.15, 0.2) is 24.3 Å². The van der Waals surface area contributed by atoms with Crippen molar-refractivity contribution < 1.29 is 9.18 Å². The number of hydrogen-bond donors (Lipinski definition) is 2. The lowest BCUT2D eigenvalue weighted by Gasteiger charge is -2.26. The zero-order valence-corrected chi connectivity index (χ0v) is 9.71. The monoisotopic (exact) mass is 236 g/mol. The molecule has 0 aliphatic carbocycles. The molecular weight excluding hydrogens is 219 g/mol. The van der Waals surface area contributed by atoms with Gasteiger partial charge in [0.15, 0.2) is 0 Å². The van der Waals surface area contributed by atoms with Crippen molar-refractivity contribution in [3.63, 3.8) is 0 Å². The van der Waals surface area contributed by atoms with Crippen molar-refractivity contribution in [1.82, 2.24) is 10.6 Å². The molecule has 1 amide bonds. The van der Waals surface area contributed by atoms with E-state index in [1.165, 1.54) is 12.1 Å². The number of amides is 1. The Labute approximate surface area is 100 Å². The summed E-state index contributed by atoms with van der Waals surface area (Å²) in [4.78, 5) is 11.5. The van der Waals surface area contributed by atoms with Gasteiger partial charge in [0.25, 0.3) is 0 Å². The van der Waals surface area contributed by atoms with Gasteiger partial charge in [-0.2, -0.15) is 0 Å². The molecule has 0 atom stereocenters. The van der Waals surface area contributed by atoms with Crippen molar-refractivity contribution in [2.24, 2.45) is 5.92 Å². The Morgan fingerprint density at radius 3 is 2.94 bits per heavy atom. The molecule has 17 heavy (non-hydrogen) atoms. The lowest BCUT2D eigenvalue weighted by molar-refractivity contribution is -0.122. The van der Waals surface area contributed by atoms with Crippen LogP contribution >= 0.6 is 0 Å². The van der Waals surface area contributed by atoms with E-state index >= 15 is 0 Å². The molecule has 1 heterocycles. The Hall–Kier alpha value is -1.42. The van der Waals surface area contributed by atoms with E-state index in [2.05, 4.69) is 10.6 Å². The first-order valence-corrected chi connectivity index (χ1v) is 5.96. The zero-order valence-electron chi connectivity index (χ0n) is 9.71. The van der Waals surface area contributed by atoms with Gasteiger partial charge in [-0.15, -0.1) is 0 Å². The number of carbonyl (C=O) groups is 1. The van der Waals surface area contributed by atoms with Crippen molar-refractivity contribution >= 4 is 5.91 Å². The van der Waals surface area contributed by atoms with Gasteiger partial charge in [0.1, 0.15) is 5.82 Å². The summed E-state index contributed by atoms with van der Waals surface area (Å²) in [5, 5.41) is 5.99. The molecule has 3 nitrogen and oxygen atoms in total. The largest absolute Gasteiger partial charge is 0.356 e. The van der Waals surface area contributed by atoms with E-state index in [0.717, 1.165) is 18.7 Å². The maximum absolute atomic E-state index is 12.9. The van der Waals surface area contributed by atoms with Crippen LogP contribution in [0.3, 0.4) is 0 Å². The second kappa shape index (κ2) is 5.77. The minimum absolute atomic E-state index is 0.0907. The second-order valence-corrected chi connectivity index (χ2v) is 4.46. The molecule has 2 N–H and O–H groups in total. The minimum atomic E-state index is -0.227. The van der Waals surface area contributed by atoms with Gasteiger partial charge in [-0.1, -0.05) is 12.1 Å². The van der Waals surface area contributed by atoms with Crippen molar-refractivity contribution in [2.45, 2.75) is 12.8 Å². The fourth-order valence-electron chi connectivity index (χ4n) is 1.87. The normalized spacial score (nSPS) is 15.4. The first kappa shape index (κ1) is 12.0. The average molecular weight is 236 g/mol. The first-order chi connectivity index (χ1) is 8.24. The van der Waals surface area contributed by atoms with Crippen LogP contribution < -0.4 is 10.6 Å². The van der Waals surface area contributed by atoms with Gasteiger partial charge in [-0.25, -0.2) is 4.39 Å². The Morgan fingerprint density at radius 1 is 1.47 bits per heavy atom. The molecule has 1 aromatic rings. The van der Waals surface area contributed by atoms with Crippen LogP contribution in [-0.4, -0.2) is 25.5 Å². The maximum atomic E-state index is 12.9. The molecule has 0 unspecified atom stereocenters. The Kier molecular flexibility index (Phi) is 4.09. The highest BCUT2D eigenvalue weighted by molar-refractivity contribution is 5.76. The number of halogens is 1. The molecule has 4 heteroatoms. The number of rotatable bonds is 5. The maximum Gasteiger partial charge on any atom is 0.220 e. The molecule has 0 bridgehead atoms. The Balaban J connectivity index is 1.66. The summed E-state index contributed by atoms with van der Waals surface area (Å²) in [6.45, 7) is 2.46. The SMILES string of the molecule is O=C(CC1CNC1)NCCc1cccc(F)c1. The van der Waals surface area contributed by atoms with Crippen molar-refractivity contribution in [3.05, 3.63) is 35.6 Å². The fraction of sp³-hybridized carbons (Fsp3) is 0.462. The zero-order chi connectivity index (χ0) is 12.1. The summed E-state index contributed by atoms with van der Waals surface area (Å²) < 4.78 is 12.9. The van der Waals surface area contributed by atoms with Crippen LogP contribution in [0.4, 0.5) is 4.39 Å². The van der Waals surface area contributed by atoms with Crippen LogP contribution in [0.2, 0.25) is 0 Å². The number of carbonyl (C=O) groups excluding carboxylic acids is 1. The molecule has 1 saturated heterocycles. The number of hydrogen-bond acceptors (Lipinski definition) is 2. The predicted octanol–water partition coefficient (Wildman–Crippen LogP) is 1.09. The Morgan fingerprint density at radius 2 is 2.29 bits per heavy atom. The van der Waals surface area contributed by atoms with Gasteiger partial charge in [-0.05, 0) is 43.1 Å². The predicted molar refractivity (Wildman–Crippen MR) is 64.1 cm³/mol. The van der Waals surface area contributed by atoms with E-state index in [0.29, 0.717) is 25.3 Å². The van der Waals surface area contributed by atoms with Gasteiger partial charge in [0.05, 0.1) is 0 Å². The smallest absolute Gasteiger partial charge is 0.220 e. The summed E-state index contributed by atoms with van der Waals surface area (Å²) in [5.41, 5.74) is 0.913. The minimum Gasteiger partial charge on any atom is -0.356 e. The van der Waals surface area contributed by atoms with E-state index in [4.69, 9.17) is 0 Å². The van der Waals surface area contributed by atoms with Gasteiger partial charge in [0.2, 0.25) is 5.91 Å². The first-order valence-electron chi connectivity index (χ1n) is 5.96. The number of nitrogens with one attached hydrogen (secondary N) is 2. The fourth-order valence-corrected chi connectivity index (χ4v) is 1.87. The lowest BCUT2D eigenvalue weighted by atomic mass is 9.99. The average Bonchev–Trinajstić information content (AvgIpc) is 2.24. The molecular formula is C13H17FN2O. The van der Waals surface area contributed by atoms with Crippen LogP contribution in [0.25, 0.3) is 0 Å². The van der Waals surface area contributed by atoms with Crippen LogP contribution in [0, 0.1) is 11.7 Å². The highest BCUT2D eigenvalue weighted by Crippen LogP contribution is 2.07. The molecule has 1 fully saturated rings. The van der Waals surface area contributed by atoms with Crippen molar-refractivity contribution in [2.75, 3.05) is 19.6 Å². The third-order valence-electron chi connectivity index (χ3n) is 2.96. The summed E-state index contributed by atoms with van der Waals surface area (Å²) in [5.74, 6) is 0.353. The summed E-state index contributed by atoms with van der Waals surface area (Å²) in [6.07, 6.45) is 1.27. The lowest BCUT2D eigenvalue weighted by Crippen LogP contribution is -2.44. The molecule has 0 saturated carbocycles. The van der Waals surface area contributed by atoms with E-state index in [1.54, 1.807) is 6.07 Å². The standard InChI is InChI=1S/C13H17FN2O/c14-12-3-1-2-10(6-12)4-5-16-13(17)7-11-8-15-9-11/h1-3,6,11,15H,4-5,7-9H2,(H,16,17). The highest BCUT2D eigenvalue weighted by atomic mass is 19.1. The van der Waals surface area contributed by atoms with E-state index in [9.17, 15) is 9.18 Å². The van der Waals surface area contributed by atoms with Crippen LogP contribution in [0.5, 0.6) is 0 Å². The summed E-state index contributed by atoms with van der Waals surface area (Å²) >= 11 is 0. The summed E-state index contributed by atoms with van der Waals surface area (Å²) in [7, 11) is 0. The molecule has 1 aliphatic heterocycles. The van der Waals surface area contributed by atoms with E-state index in [-0.39, 0.29) is 11.7 Å². The van der Waals surface area contributed by atoms with Crippen LogP contribution in [0.1, 0.15) is 12.0 Å². The highest BCUT2D eigenvalue weighted by Gasteiger charge is 2.19. The molecule has 2 rings (SSSR count). The van der Waals surface area contributed by atoms with Crippen molar-refractivity contribution in [1.29, 1.82) is 0 Å². The third-order valence-corrected chi connectivity index (χ3v) is 2.96. The van der Waals surface area contributed by atoms with Gasteiger partial charge >= 0.3 is 0 Å². The van der Waals surface area contributed by atoms with E-state index < -0.39 is 0 Å². The van der Waals surface area contributed by atoms with Gasteiger partial charge in [-0.3, -0.25) is 4.79 Å². The Bertz CT molecular complexity index is 391. The molecule has 0 spiro atoms. The molecule has 92 valence electrons. The van der Waals surface area contributed by atoms with E-state index in [1.807, 2.05) is 6.07 Å². The van der Waals surface area contributed by atoms with Gasteiger partial charge in [0, 0.05) is 13.0 Å². The molecule has 1 aliphatic rings. The second-order valence-electron chi connectivity index (χ2n) is 4.46. The van der Waals surface area contributed by atoms with Crippen LogP contribution in [-0.2, 0) is 11.2 Å². The molecule has 1 aromatic carbocycles. The molecule has 0 aromatic heterocycles.